The first-order valence-electron chi connectivity index (χ1n) is 7.44. The molecular formula is C16H12N4O5. The molecule has 4 rings (SSSR count). The van der Waals surface area contributed by atoms with Crippen molar-refractivity contribution in [2.45, 2.75) is 0 Å². The quantitative estimate of drug-likeness (QED) is 0.756. The van der Waals surface area contributed by atoms with Gasteiger partial charge in [-0.15, -0.1) is 0 Å². The first-order chi connectivity index (χ1) is 12.0. The summed E-state index contributed by atoms with van der Waals surface area (Å²) in [5, 5.41) is 2.11. The van der Waals surface area contributed by atoms with Crippen molar-refractivity contribution >= 4 is 29.4 Å². The number of hydrogen-bond donors (Lipinski definition) is 2. The number of nitrogen functional groups attached to an aromatic ring is 1. The van der Waals surface area contributed by atoms with Gasteiger partial charge in [-0.25, -0.2) is 4.79 Å². The molecule has 25 heavy (non-hydrogen) atoms. The van der Waals surface area contributed by atoms with Crippen LogP contribution in [0.3, 0.4) is 0 Å². The Labute approximate surface area is 140 Å². The summed E-state index contributed by atoms with van der Waals surface area (Å²) in [6.45, 7) is 0.563. The van der Waals surface area contributed by atoms with Crippen molar-refractivity contribution in [3.05, 3.63) is 51.8 Å². The summed E-state index contributed by atoms with van der Waals surface area (Å²) in [7, 11) is 0. The molecule has 0 unspecified atom stereocenters. The molecule has 9 heteroatoms. The highest BCUT2D eigenvalue weighted by Gasteiger charge is 2.33. The Hall–Kier alpha value is -3.62. The van der Waals surface area contributed by atoms with Gasteiger partial charge >= 0.3 is 6.09 Å². The number of benzene rings is 1. The lowest BCUT2D eigenvalue weighted by Crippen LogP contribution is -2.29. The molecule has 0 atom stereocenters. The van der Waals surface area contributed by atoms with Gasteiger partial charge < -0.3 is 10.5 Å². The van der Waals surface area contributed by atoms with Gasteiger partial charge in [-0.2, -0.15) is 0 Å². The maximum atomic E-state index is 12.6. The van der Waals surface area contributed by atoms with Gasteiger partial charge in [0.1, 0.15) is 12.4 Å². The summed E-state index contributed by atoms with van der Waals surface area (Å²) in [6, 6.07) is 7.68. The van der Waals surface area contributed by atoms with E-state index in [2.05, 4.69) is 5.32 Å². The Morgan fingerprint density at radius 3 is 2.44 bits per heavy atom. The third-order valence-electron chi connectivity index (χ3n) is 4.13. The van der Waals surface area contributed by atoms with Crippen LogP contribution < -0.4 is 21.5 Å². The van der Waals surface area contributed by atoms with Crippen LogP contribution >= 0.6 is 0 Å². The second kappa shape index (κ2) is 5.20. The minimum Gasteiger partial charge on any atom is -0.447 e. The van der Waals surface area contributed by atoms with Crippen molar-refractivity contribution in [3.63, 3.8) is 0 Å². The molecule has 3 amide bonds. The van der Waals surface area contributed by atoms with Crippen LogP contribution in [0.15, 0.2) is 35.1 Å². The van der Waals surface area contributed by atoms with Gasteiger partial charge in [0.2, 0.25) is 0 Å². The van der Waals surface area contributed by atoms with Gasteiger partial charge in [0.05, 0.1) is 29.0 Å². The molecule has 0 saturated carbocycles. The van der Waals surface area contributed by atoms with Crippen LogP contribution in [-0.2, 0) is 4.74 Å². The minimum atomic E-state index is -0.663. The van der Waals surface area contributed by atoms with Gasteiger partial charge in [-0.1, -0.05) is 12.1 Å². The van der Waals surface area contributed by atoms with Gasteiger partial charge in [-0.05, 0) is 12.1 Å². The van der Waals surface area contributed by atoms with Crippen LogP contribution in [0.25, 0.3) is 5.69 Å². The molecule has 0 radical (unpaired) electrons. The zero-order valence-electron chi connectivity index (χ0n) is 12.8. The van der Waals surface area contributed by atoms with Crippen molar-refractivity contribution in [3.8, 4) is 5.69 Å². The zero-order chi connectivity index (χ0) is 17.7. The third kappa shape index (κ3) is 2.09. The highest BCUT2D eigenvalue weighted by molar-refractivity contribution is 6.23. The average Bonchev–Trinajstić information content (AvgIpc) is 3.11. The highest BCUT2D eigenvalue weighted by Crippen LogP contribution is 2.30. The number of nitrogens with two attached hydrogens (primary N) is 1. The second-order valence-corrected chi connectivity index (χ2v) is 5.53. The fourth-order valence-electron chi connectivity index (χ4n) is 3.02. The van der Waals surface area contributed by atoms with E-state index in [1.807, 2.05) is 0 Å². The van der Waals surface area contributed by atoms with E-state index in [1.54, 1.807) is 24.3 Å². The molecule has 0 bridgehead atoms. The van der Waals surface area contributed by atoms with Gasteiger partial charge in [0, 0.05) is 6.07 Å². The summed E-state index contributed by atoms with van der Waals surface area (Å²) in [6.07, 6.45) is -0.534. The standard InChI is InChI=1S/C16H12N4O5/c17-13-12-8(14(22)18-15(12)23)7-11(21)20(13)10-4-2-1-3-9(10)19-5-6-25-16(19)24/h1-4,7H,5-6,17H2,(H,18,22,23). The normalized spacial score (nSPS) is 16.0. The Bertz CT molecular complexity index is 1010. The van der Waals surface area contributed by atoms with Crippen LogP contribution in [0, 0.1) is 0 Å². The van der Waals surface area contributed by atoms with E-state index in [1.165, 1.54) is 4.90 Å². The van der Waals surface area contributed by atoms with Gasteiger partial charge in [-0.3, -0.25) is 29.2 Å². The molecule has 2 aromatic rings. The first-order valence-corrected chi connectivity index (χ1v) is 7.44. The number of cyclic esters (lactones) is 1. The Morgan fingerprint density at radius 1 is 1.04 bits per heavy atom. The summed E-state index contributed by atoms with van der Waals surface area (Å²) in [5.41, 5.74) is 6.09. The number of imide groups is 1. The third-order valence-corrected chi connectivity index (χ3v) is 4.13. The molecule has 1 aromatic heterocycles. The van der Waals surface area contributed by atoms with Gasteiger partial charge in [0.25, 0.3) is 17.4 Å². The highest BCUT2D eigenvalue weighted by atomic mass is 16.6. The maximum Gasteiger partial charge on any atom is 0.414 e. The van der Waals surface area contributed by atoms with E-state index in [4.69, 9.17) is 10.5 Å². The summed E-state index contributed by atoms with van der Waals surface area (Å²) in [5.74, 6) is -1.48. The van der Waals surface area contributed by atoms with E-state index < -0.39 is 23.5 Å². The van der Waals surface area contributed by atoms with Crippen LogP contribution in [0.4, 0.5) is 16.3 Å². The molecule has 2 aliphatic heterocycles. The van der Waals surface area contributed by atoms with Crippen molar-refractivity contribution in [2.24, 2.45) is 0 Å². The molecule has 0 spiro atoms. The number of carbonyl (C=O) groups is 3. The van der Waals surface area contributed by atoms with E-state index in [0.29, 0.717) is 17.9 Å². The van der Waals surface area contributed by atoms with Crippen molar-refractivity contribution in [1.82, 2.24) is 9.88 Å². The number of rotatable bonds is 2. The van der Waals surface area contributed by atoms with Crippen molar-refractivity contribution in [1.29, 1.82) is 0 Å². The first kappa shape index (κ1) is 14.9. The Kier molecular flexibility index (Phi) is 3.11. The largest absolute Gasteiger partial charge is 0.447 e. The predicted octanol–water partition coefficient (Wildman–Crippen LogP) is 0.260. The molecule has 3 N–H and O–H groups in total. The van der Waals surface area contributed by atoms with Crippen LogP contribution in [0.1, 0.15) is 20.7 Å². The Balaban J connectivity index is 1.97. The fraction of sp³-hybridized carbons (Fsp3) is 0.125. The van der Waals surface area contributed by atoms with Crippen molar-refractivity contribution < 1.29 is 19.1 Å². The smallest absolute Gasteiger partial charge is 0.414 e. The minimum absolute atomic E-state index is 0.0524. The number of carbonyl (C=O) groups excluding carboxylic acids is 3. The number of fused-ring (bicyclic) bond motifs is 1. The van der Waals surface area contributed by atoms with Crippen molar-refractivity contribution in [2.75, 3.05) is 23.8 Å². The van der Waals surface area contributed by atoms with E-state index in [9.17, 15) is 19.2 Å². The molecular weight excluding hydrogens is 328 g/mol. The number of nitrogens with one attached hydrogen (secondary N) is 1. The number of anilines is 2. The molecule has 0 aliphatic carbocycles. The number of aromatic nitrogens is 1. The lowest BCUT2D eigenvalue weighted by Gasteiger charge is -2.20. The van der Waals surface area contributed by atoms with E-state index in [-0.39, 0.29) is 23.6 Å². The lowest BCUT2D eigenvalue weighted by atomic mass is 10.1. The lowest BCUT2D eigenvalue weighted by molar-refractivity contribution is 0.0879. The van der Waals surface area contributed by atoms with E-state index >= 15 is 0 Å². The number of ether oxygens (including phenoxy) is 1. The molecule has 9 nitrogen and oxygen atoms in total. The predicted molar refractivity (Wildman–Crippen MR) is 86.9 cm³/mol. The molecule has 1 aromatic carbocycles. The monoisotopic (exact) mass is 340 g/mol. The molecule has 1 fully saturated rings. The summed E-state index contributed by atoms with van der Waals surface area (Å²) < 4.78 is 6.05. The summed E-state index contributed by atoms with van der Waals surface area (Å²) in [4.78, 5) is 49.5. The molecule has 3 heterocycles. The SMILES string of the molecule is Nc1c2c(cc(=O)n1-c1ccccc1N1CCOC1=O)C(=O)NC2=O. The number of amides is 3. The van der Waals surface area contributed by atoms with Crippen LogP contribution in [0.2, 0.25) is 0 Å². The molecule has 2 aliphatic rings. The number of nitrogens with zero attached hydrogens (tertiary/aromatic N) is 2. The second-order valence-electron chi connectivity index (χ2n) is 5.53. The van der Waals surface area contributed by atoms with Crippen LogP contribution in [-0.4, -0.2) is 35.6 Å². The summed E-state index contributed by atoms with van der Waals surface area (Å²) >= 11 is 0. The van der Waals surface area contributed by atoms with Crippen LogP contribution in [0.5, 0.6) is 0 Å². The zero-order valence-corrected chi connectivity index (χ0v) is 12.8. The average molecular weight is 340 g/mol. The van der Waals surface area contributed by atoms with Gasteiger partial charge in [0.15, 0.2) is 0 Å². The number of para-hydroxylation sites is 2. The molecule has 1 saturated heterocycles. The fourth-order valence-corrected chi connectivity index (χ4v) is 3.02. The number of hydrogen-bond acceptors (Lipinski definition) is 6. The topological polar surface area (TPSA) is 124 Å². The Morgan fingerprint density at radius 2 is 1.76 bits per heavy atom. The molecule has 126 valence electrons. The maximum absolute atomic E-state index is 12.6. The number of pyridine rings is 1. The van der Waals surface area contributed by atoms with E-state index in [0.717, 1.165) is 10.6 Å².